The smallest absolute Gasteiger partial charge is 0.276 e. The van der Waals surface area contributed by atoms with Gasteiger partial charge in [-0.2, -0.15) is 0 Å². The highest BCUT2D eigenvalue weighted by molar-refractivity contribution is 5.94. The molecule has 4 aliphatic rings. The number of ketones is 2. The Morgan fingerprint density at radius 2 is 1.85 bits per heavy atom. The van der Waals surface area contributed by atoms with E-state index in [1.165, 1.54) is 25.0 Å². The standard InChI is InChI=1S/C29H34F2O3/c1-4-29(30,31)28(34)14-13-25-23-11-9-20-15-21(33)10-12-22(20)26(23)24(16-27(25,28)3)19-7-5-18(6-8-19)17(2)32/h5-8,15,23-25,34H,4,9-14,16H2,1-3H3. The van der Waals surface area contributed by atoms with Gasteiger partial charge in [-0.25, -0.2) is 8.78 Å². The SMILES string of the molecule is CCC(F)(F)C1(O)CCC2C3CCC4=CC(=O)CCC4=C3C(c3ccc(C(C)=O)cc3)CC21C. The van der Waals surface area contributed by atoms with Gasteiger partial charge in [-0.15, -0.1) is 0 Å². The summed E-state index contributed by atoms with van der Waals surface area (Å²) >= 11 is 0. The van der Waals surface area contributed by atoms with Crippen molar-refractivity contribution in [2.24, 2.45) is 17.3 Å². The first-order valence-corrected chi connectivity index (χ1v) is 12.7. The van der Waals surface area contributed by atoms with E-state index in [0.29, 0.717) is 31.2 Å². The Labute approximate surface area is 200 Å². The molecular weight excluding hydrogens is 434 g/mol. The van der Waals surface area contributed by atoms with Crippen molar-refractivity contribution in [1.29, 1.82) is 0 Å². The van der Waals surface area contributed by atoms with Gasteiger partial charge >= 0.3 is 0 Å². The Bertz CT molecular complexity index is 1100. The van der Waals surface area contributed by atoms with Crippen LogP contribution in [0.2, 0.25) is 0 Å². The summed E-state index contributed by atoms with van der Waals surface area (Å²) in [6, 6.07) is 7.54. The van der Waals surface area contributed by atoms with Crippen LogP contribution in [0, 0.1) is 17.3 Å². The first-order chi connectivity index (χ1) is 16.0. The normalized spacial score (nSPS) is 35.4. The summed E-state index contributed by atoms with van der Waals surface area (Å²) in [5, 5.41) is 11.6. The molecule has 1 aromatic carbocycles. The number of hydrogen-bond acceptors (Lipinski definition) is 3. The van der Waals surface area contributed by atoms with E-state index in [9.17, 15) is 14.7 Å². The van der Waals surface area contributed by atoms with Crippen LogP contribution < -0.4 is 0 Å². The van der Waals surface area contributed by atoms with Gasteiger partial charge in [0.05, 0.1) is 0 Å². The summed E-state index contributed by atoms with van der Waals surface area (Å²) in [7, 11) is 0. The zero-order chi connectivity index (χ0) is 24.5. The molecule has 182 valence electrons. The fourth-order valence-electron chi connectivity index (χ4n) is 7.81. The van der Waals surface area contributed by atoms with Crippen molar-refractivity contribution in [3.63, 3.8) is 0 Å². The molecule has 0 heterocycles. The Hall–Kier alpha value is -2.14. The minimum Gasteiger partial charge on any atom is -0.383 e. The lowest BCUT2D eigenvalue weighted by molar-refractivity contribution is -0.238. The number of allylic oxidation sites excluding steroid dienone is 4. The lowest BCUT2D eigenvalue weighted by atomic mass is 9.50. The molecule has 0 bridgehead atoms. The molecular formula is C29H34F2O3. The number of carbonyl (C=O) groups excluding carboxylic acids is 2. The number of alkyl halides is 2. The fourth-order valence-corrected chi connectivity index (χ4v) is 7.81. The van der Waals surface area contributed by atoms with E-state index >= 15 is 8.78 Å². The number of halogens is 2. The van der Waals surface area contributed by atoms with Gasteiger partial charge in [-0.05, 0) is 80.1 Å². The molecule has 1 N–H and O–H groups in total. The van der Waals surface area contributed by atoms with Crippen LogP contribution in [-0.4, -0.2) is 28.2 Å². The molecule has 0 saturated heterocycles. The maximum atomic E-state index is 15.3. The van der Waals surface area contributed by atoms with Gasteiger partial charge in [0.15, 0.2) is 11.6 Å². The number of hydrogen-bond donors (Lipinski definition) is 1. The van der Waals surface area contributed by atoms with Gasteiger partial charge in [0.1, 0.15) is 5.60 Å². The highest BCUT2D eigenvalue weighted by Crippen LogP contribution is 2.69. The summed E-state index contributed by atoms with van der Waals surface area (Å²) in [6.07, 6.45) is 5.39. The van der Waals surface area contributed by atoms with Crippen molar-refractivity contribution in [2.45, 2.75) is 89.6 Å². The van der Waals surface area contributed by atoms with E-state index in [1.54, 1.807) is 6.08 Å². The number of aliphatic hydroxyl groups is 1. The minimum atomic E-state index is -3.15. The third-order valence-electron chi connectivity index (χ3n) is 9.66. The second-order valence-corrected chi connectivity index (χ2v) is 11.1. The molecule has 5 heteroatoms. The Kier molecular flexibility index (Phi) is 5.51. The lowest BCUT2D eigenvalue weighted by Gasteiger charge is -2.56. The molecule has 2 saturated carbocycles. The highest BCUT2D eigenvalue weighted by Gasteiger charge is 2.70. The van der Waals surface area contributed by atoms with Crippen LogP contribution in [-0.2, 0) is 4.79 Å². The largest absolute Gasteiger partial charge is 0.383 e. The Morgan fingerprint density at radius 3 is 2.50 bits per heavy atom. The molecule has 0 aliphatic heterocycles. The monoisotopic (exact) mass is 468 g/mol. The van der Waals surface area contributed by atoms with Gasteiger partial charge in [0.2, 0.25) is 0 Å². The summed E-state index contributed by atoms with van der Waals surface area (Å²) in [5.74, 6) is -3.00. The summed E-state index contributed by atoms with van der Waals surface area (Å²) in [6.45, 7) is 4.88. The van der Waals surface area contributed by atoms with Gasteiger partial charge in [0, 0.05) is 29.7 Å². The van der Waals surface area contributed by atoms with E-state index in [-0.39, 0.29) is 42.2 Å². The van der Waals surface area contributed by atoms with Gasteiger partial charge < -0.3 is 5.11 Å². The maximum absolute atomic E-state index is 15.3. The number of fused-ring (bicyclic) bond motifs is 4. The lowest BCUT2D eigenvalue weighted by Crippen LogP contribution is -2.60. The number of Topliss-reactive ketones (excluding diaryl/α,β-unsaturated/α-hetero) is 1. The first kappa shape index (κ1) is 23.6. The molecule has 1 aromatic rings. The van der Waals surface area contributed by atoms with E-state index in [4.69, 9.17) is 0 Å². The fraction of sp³-hybridized carbons (Fsp3) is 0.586. The molecule has 0 radical (unpaired) electrons. The van der Waals surface area contributed by atoms with Gasteiger partial charge in [0.25, 0.3) is 5.92 Å². The van der Waals surface area contributed by atoms with Crippen LogP contribution in [0.3, 0.4) is 0 Å². The summed E-state index contributed by atoms with van der Waals surface area (Å²) < 4.78 is 30.6. The molecule has 0 amide bonds. The molecule has 5 rings (SSSR count). The molecule has 34 heavy (non-hydrogen) atoms. The van der Waals surface area contributed by atoms with Crippen LogP contribution in [0.25, 0.3) is 0 Å². The van der Waals surface area contributed by atoms with Gasteiger partial charge in [-0.1, -0.05) is 43.7 Å². The zero-order valence-electron chi connectivity index (χ0n) is 20.3. The molecule has 4 aliphatic carbocycles. The second kappa shape index (κ2) is 7.94. The molecule has 0 spiro atoms. The van der Waals surface area contributed by atoms with Crippen LogP contribution in [0.1, 0.15) is 94.0 Å². The van der Waals surface area contributed by atoms with E-state index < -0.39 is 16.9 Å². The van der Waals surface area contributed by atoms with Crippen molar-refractivity contribution in [3.05, 3.63) is 58.2 Å². The molecule has 5 unspecified atom stereocenters. The van der Waals surface area contributed by atoms with Crippen molar-refractivity contribution in [1.82, 2.24) is 0 Å². The molecule has 0 aromatic heterocycles. The Morgan fingerprint density at radius 1 is 1.15 bits per heavy atom. The van der Waals surface area contributed by atoms with Crippen LogP contribution in [0.5, 0.6) is 0 Å². The average molecular weight is 469 g/mol. The van der Waals surface area contributed by atoms with Gasteiger partial charge in [-0.3, -0.25) is 9.59 Å². The second-order valence-electron chi connectivity index (χ2n) is 11.1. The van der Waals surface area contributed by atoms with Crippen molar-refractivity contribution < 1.29 is 23.5 Å². The van der Waals surface area contributed by atoms with Crippen molar-refractivity contribution >= 4 is 11.6 Å². The Balaban J connectivity index is 1.68. The van der Waals surface area contributed by atoms with E-state index in [2.05, 4.69) is 0 Å². The third-order valence-corrected chi connectivity index (χ3v) is 9.66. The van der Waals surface area contributed by atoms with Crippen molar-refractivity contribution in [2.75, 3.05) is 0 Å². The number of carbonyl (C=O) groups is 2. The first-order valence-electron chi connectivity index (χ1n) is 12.7. The minimum absolute atomic E-state index is 0.00986. The van der Waals surface area contributed by atoms with E-state index in [1.807, 2.05) is 31.2 Å². The molecule has 2 fully saturated rings. The third kappa shape index (κ3) is 3.22. The predicted octanol–water partition coefficient (Wildman–Crippen LogP) is 6.57. The summed E-state index contributed by atoms with van der Waals surface area (Å²) in [5.41, 5.74) is 2.33. The van der Waals surface area contributed by atoms with E-state index in [0.717, 1.165) is 24.0 Å². The quantitative estimate of drug-likeness (QED) is 0.509. The van der Waals surface area contributed by atoms with Crippen molar-refractivity contribution in [3.8, 4) is 0 Å². The number of benzene rings is 1. The van der Waals surface area contributed by atoms with Crippen LogP contribution >= 0.6 is 0 Å². The maximum Gasteiger partial charge on any atom is 0.276 e. The molecule has 5 atom stereocenters. The predicted molar refractivity (Wildman–Crippen MR) is 127 cm³/mol. The van der Waals surface area contributed by atoms with Crippen LogP contribution in [0.4, 0.5) is 8.78 Å². The highest BCUT2D eigenvalue weighted by atomic mass is 19.3. The molecule has 3 nitrogen and oxygen atoms in total. The number of rotatable bonds is 4. The van der Waals surface area contributed by atoms with Crippen LogP contribution in [0.15, 0.2) is 47.1 Å². The average Bonchev–Trinajstić information content (AvgIpc) is 3.10. The summed E-state index contributed by atoms with van der Waals surface area (Å²) in [4.78, 5) is 24.0. The zero-order valence-corrected chi connectivity index (χ0v) is 20.3. The topological polar surface area (TPSA) is 54.4 Å².